The van der Waals surface area contributed by atoms with Gasteiger partial charge in [-0.05, 0) is 24.0 Å². The fourth-order valence-electron chi connectivity index (χ4n) is 2.32. The van der Waals surface area contributed by atoms with Gasteiger partial charge >= 0.3 is 12.1 Å². The Balaban J connectivity index is 1.96. The number of alkyl carbamates (subject to hydrolysis) is 1. The third-order valence-electron chi connectivity index (χ3n) is 3.53. The Bertz CT molecular complexity index is 663. The van der Waals surface area contributed by atoms with Crippen LogP contribution in [0.5, 0.6) is 0 Å². The summed E-state index contributed by atoms with van der Waals surface area (Å²) in [5.74, 6) is -1.55. The maximum Gasteiger partial charge on any atom is 0.408 e. The molecule has 0 saturated heterocycles. The predicted molar refractivity (Wildman–Crippen MR) is 87.3 cm³/mol. The Morgan fingerprint density at radius 3 is 2.58 bits per heavy atom. The molecule has 1 aromatic rings. The van der Waals surface area contributed by atoms with Gasteiger partial charge in [-0.1, -0.05) is 48.6 Å². The van der Waals surface area contributed by atoms with Crippen molar-refractivity contribution in [1.29, 1.82) is 0 Å². The Hall–Kier alpha value is -2.89. The Labute approximate surface area is 139 Å². The van der Waals surface area contributed by atoms with Gasteiger partial charge in [0, 0.05) is 0 Å². The molecule has 6 nitrogen and oxygen atoms in total. The van der Waals surface area contributed by atoms with E-state index in [1.165, 1.54) is 0 Å². The van der Waals surface area contributed by atoms with E-state index in [0.29, 0.717) is 12.0 Å². The molecule has 0 fully saturated rings. The number of aliphatic carboxylic acids is 1. The molecule has 0 aliphatic heterocycles. The van der Waals surface area contributed by atoms with E-state index < -0.39 is 30.3 Å². The lowest BCUT2D eigenvalue weighted by Gasteiger charge is -2.18. The number of carboxylic acid groups (broad SMARTS) is 1. The van der Waals surface area contributed by atoms with Crippen LogP contribution in [0.15, 0.2) is 54.1 Å². The van der Waals surface area contributed by atoms with Gasteiger partial charge in [-0.25, -0.2) is 4.79 Å². The van der Waals surface area contributed by atoms with Crippen molar-refractivity contribution in [3.8, 4) is 0 Å². The summed E-state index contributed by atoms with van der Waals surface area (Å²) in [4.78, 5) is 35.3. The number of benzene rings is 1. The summed E-state index contributed by atoms with van der Waals surface area (Å²) in [7, 11) is 0. The molecular formula is C18H19NO5. The van der Waals surface area contributed by atoms with Gasteiger partial charge in [0.2, 0.25) is 0 Å². The fraction of sp³-hybridized carbons (Fsp3) is 0.278. The van der Waals surface area contributed by atoms with E-state index in [1.54, 1.807) is 24.3 Å². The van der Waals surface area contributed by atoms with Crippen molar-refractivity contribution in [3.63, 3.8) is 0 Å². The largest absolute Gasteiger partial charge is 0.481 e. The van der Waals surface area contributed by atoms with Crippen LogP contribution >= 0.6 is 0 Å². The van der Waals surface area contributed by atoms with Crippen LogP contribution < -0.4 is 5.32 Å². The van der Waals surface area contributed by atoms with Crippen LogP contribution in [0.4, 0.5) is 4.79 Å². The zero-order valence-corrected chi connectivity index (χ0v) is 13.1. The lowest BCUT2D eigenvalue weighted by atomic mass is 9.95. The van der Waals surface area contributed by atoms with E-state index in [-0.39, 0.29) is 6.61 Å². The molecule has 0 radical (unpaired) electrons. The summed E-state index contributed by atoms with van der Waals surface area (Å²) in [6, 6.07) is 7.94. The molecule has 126 valence electrons. The molecule has 0 aromatic heterocycles. The molecule has 0 unspecified atom stereocenters. The molecule has 1 amide bonds. The minimum atomic E-state index is -1.16. The second-order valence-corrected chi connectivity index (χ2v) is 5.38. The lowest BCUT2D eigenvalue weighted by Crippen LogP contribution is -2.43. The highest BCUT2D eigenvalue weighted by atomic mass is 16.5. The maximum absolute atomic E-state index is 12.4. The summed E-state index contributed by atoms with van der Waals surface area (Å²) in [6.07, 6.45) is 5.28. The number of carbonyl (C=O) groups is 3. The number of amides is 1. The van der Waals surface area contributed by atoms with Crippen molar-refractivity contribution in [2.75, 3.05) is 0 Å². The maximum atomic E-state index is 12.4. The number of carbonyl (C=O) groups excluding carboxylic acids is 2. The standard InChI is InChI=1S/C18H19NO5/c20-16(21)11-15(17(22)14-9-5-2-6-10-14)19-18(23)24-12-13-7-3-1-4-8-13/h1-5,7-9,15H,6,10-12H2,(H,19,23)(H,20,21)/t15-/m0/s1. The Morgan fingerprint density at radius 2 is 1.96 bits per heavy atom. The molecule has 0 heterocycles. The minimum Gasteiger partial charge on any atom is -0.481 e. The highest BCUT2D eigenvalue weighted by Gasteiger charge is 2.26. The van der Waals surface area contributed by atoms with Crippen molar-refractivity contribution in [2.24, 2.45) is 0 Å². The van der Waals surface area contributed by atoms with Crippen molar-refractivity contribution in [3.05, 3.63) is 59.7 Å². The second kappa shape index (κ2) is 8.67. The number of hydrogen-bond donors (Lipinski definition) is 2. The first kappa shape index (κ1) is 17.5. The van der Waals surface area contributed by atoms with Gasteiger partial charge in [-0.2, -0.15) is 0 Å². The van der Waals surface area contributed by atoms with E-state index in [0.717, 1.165) is 12.0 Å². The number of ether oxygens (including phenoxy) is 1. The predicted octanol–water partition coefficient (Wildman–Crippen LogP) is 2.60. The molecule has 0 bridgehead atoms. The Kier molecular flexibility index (Phi) is 6.31. The third-order valence-corrected chi connectivity index (χ3v) is 3.53. The van der Waals surface area contributed by atoms with E-state index in [9.17, 15) is 14.4 Å². The van der Waals surface area contributed by atoms with Crippen molar-refractivity contribution >= 4 is 17.8 Å². The highest BCUT2D eigenvalue weighted by Crippen LogP contribution is 2.16. The second-order valence-electron chi connectivity index (χ2n) is 5.38. The van der Waals surface area contributed by atoms with E-state index in [1.807, 2.05) is 24.3 Å². The van der Waals surface area contributed by atoms with Gasteiger partial charge in [0.25, 0.3) is 0 Å². The van der Waals surface area contributed by atoms with Gasteiger partial charge in [-0.15, -0.1) is 0 Å². The summed E-state index contributed by atoms with van der Waals surface area (Å²) in [6.45, 7) is 0.0477. The molecule has 2 N–H and O–H groups in total. The fourth-order valence-corrected chi connectivity index (χ4v) is 2.32. The third kappa shape index (κ3) is 5.39. The van der Waals surface area contributed by atoms with Gasteiger partial charge in [-0.3, -0.25) is 9.59 Å². The molecular weight excluding hydrogens is 310 g/mol. The molecule has 1 aromatic carbocycles. The first-order valence-corrected chi connectivity index (χ1v) is 7.65. The van der Waals surface area contributed by atoms with Crippen LogP contribution in [0.25, 0.3) is 0 Å². The van der Waals surface area contributed by atoms with E-state index >= 15 is 0 Å². The number of ketones is 1. The number of carboxylic acids is 1. The summed E-state index contributed by atoms with van der Waals surface area (Å²) in [5, 5.41) is 11.3. The van der Waals surface area contributed by atoms with Crippen molar-refractivity contribution in [1.82, 2.24) is 5.32 Å². The number of nitrogens with one attached hydrogen (secondary N) is 1. The smallest absolute Gasteiger partial charge is 0.408 e. The molecule has 1 aliphatic carbocycles. The topological polar surface area (TPSA) is 92.7 Å². The van der Waals surface area contributed by atoms with Gasteiger partial charge in [0.05, 0.1) is 6.42 Å². The molecule has 0 saturated carbocycles. The molecule has 6 heteroatoms. The first-order valence-electron chi connectivity index (χ1n) is 7.65. The number of rotatable bonds is 7. The van der Waals surface area contributed by atoms with Crippen molar-refractivity contribution in [2.45, 2.75) is 31.9 Å². The average molecular weight is 329 g/mol. The lowest BCUT2D eigenvalue weighted by molar-refractivity contribution is -0.139. The van der Waals surface area contributed by atoms with Crippen LogP contribution in [0, 0.1) is 0 Å². The normalized spacial score (nSPS) is 14.4. The van der Waals surface area contributed by atoms with Crippen molar-refractivity contribution < 1.29 is 24.2 Å². The first-order chi connectivity index (χ1) is 11.6. The van der Waals surface area contributed by atoms with Crippen LogP contribution in [0.3, 0.4) is 0 Å². The summed E-state index contributed by atoms with van der Waals surface area (Å²) < 4.78 is 5.05. The molecule has 1 atom stereocenters. The number of hydrogen-bond acceptors (Lipinski definition) is 4. The zero-order chi connectivity index (χ0) is 17.4. The average Bonchev–Trinajstić information content (AvgIpc) is 2.60. The van der Waals surface area contributed by atoms with Gasteiger partial charge in [0.1, 0.15) is 12.6 Å². The van der Waals surface area contributed by atoms with E-state index in [2.05, 4.69) is 5.32 Å². The minimum absolute atomic E-state index is 0.0477. The summed E-state index contributed by atoms with van der Waals surface area (Å²) in [5.41, 5.74) is 1.31. The van der Waals surface area contributed by atoms with Crippen LogP contribution in [-0.2, 0) is 20.9 Å². The molecule has 2 rings (SSSR count). The number of allylic oxidation sites excluding steroid dienone is 3. The molecule has 0 spiro atoms. The molecule has 24 heavy (non-hydrogen) atoms. The quantitative estimate of drug-likeness (QED) is 0.802. The number of Topliss-reactive ketones (excluding diaryl/α,β-unsaturated/α-hetero) is 1. The Morgan fingerprint density at radius 1 is 1.21 bits per heavy atom. The zero-order valence-electron chi connectivity index (χ0n) is 13.1. The molecule has 1 aliphatic rings. The van der Waals surface area contributed by atoms with Gasteiger partial charge < -0.3 is 15.2 Å². The van der Waals surface area contributed by atoms with E-state index in [4.69, 9.17) is 9.84 Å². The monoisotopic (exact) mass is 329 g/mol. The SMILES string of the molecule is O=C(O)C[C@H](NC(=O)OCc1ccccc1)C(=O)C1=CC=CCC1. The summed E-state index contributed by atoms with van der Waals surface area (Å²) >= 11 is 0. The highest BCUT2D eigenvalue weighted by molar-refractivity contribution is 6.02. The van der Waals surface area contributed by atoms with Gasteiger partial charge in [0.15, 0.2) is 5.78 Å². The van der Waals surface area contributed by atoms with Crippen LogP contribution in [0.2, 0.25) is 0 Å². The van der Waals surface area contributed by atoms with Crippen LogP contribution in [0.1, 0.15) is 24.8 Å². The van der Waals surface area contributed by atoms with Crippen LogP contribution in [-0.4, -0.2) is 29.0 Å².